The molecule has 22 heavy (non-hydrogen) atoms. The molecular formula is C16H18N2O2S2. The molecule has 2 atom stereocenters. The average Bonchev–Trinajstić information content (AvgIpc) is 3.20. The van der Waals surface area contributed by atoms with Crippen molar-refractivity contribution in [3.63, 3.8) is 0 Å². The van der Waals surface area contributed by atoms with Crippen LogP contribution in [0.15, 0.2) is 35.0 Å². The first-order chi connectivity index (χ1) is 10.7. The standard InChI is InChI=1S/C16H18N2O2S2/c1-18-14(19)7-6-12(15(18)13-5-3-9-22-13)16(20)17-10-11-4-2-8-21-11/h2-5,8-9,12,15H,6-7,10H2,1H3,(H,17,20)/t12-,15-/m0/s1. The van der Waals surface area contributed by atoms with Gasteiger partial charge in [-0.05, 0) is 29.3 Å². The molecule has 0 radical (unpaired) electrons. The number of nitrogens with zero attached hydrogens (tertiary/aromatic N) is 1. The summed E-state index contributed by atoms with van der Waals surface area (Å²) in [6.45, 7) is 0.557. The molecule has 2 amide bonds. The van der Waals surface area contributed by atoms with E-state index in [1.165, 1.54) is 0 Å². The van der Waals surface area contributed by atoms with Gasteiger partial charge in [-0.15, -0.1) is 22.7 Å². The van der Waals surface area contributed by atoms with E-state index in [9.17, 15) is 9.59 Å². The van der Waals surface area contributed by atoms with Gasteiger partial charge in [0.15, 0.2) is 0 Å². The number of thiophene rings is 2. The first kappa shape index (κ1) is 15.2. The quantitative estimate of drug-likeness (QED) is 0.934. The highest BCUT2D eigenvalue weighted by Gasteiger charge is 2.39. The van der Waals surface area contributed by atoms with Crippen LogP contribution in [0.4, 0.5) is 0 Å². The molecule has 2 aromatic rings. The summed E-state index contributed by atoms with van der Waals surface area (Å²) in [6.07, 6.45) is 1.05. The van der Waals surface area contributed by atoms with E-state index in [2.05, 4.69) is 5.32 Å². The van der Waals surface area contributed by atoms with E-state index >= 15 is 0 Å². The molecule has 3 rings (SSSR count). The van der Waals surface area contributed by atoms with Gasteiger partial charge in [0.05, 0.1) is 18.5 Å². The van der Waals surface area contributed by atoms with Gasteiger partial charge in [-0.1, -0.05) is 12.1 Å². The lowest BCUT2D eigenvalue weighted by Crippen LogP contribution is -2.45. The number of hydrogen-bond acceptors (Lipinski definition) is 4. The molecule has 0 unspecified atom stereocenters. The van der Waals surface area contributed by atoms with Gasteiger partial charge in [-0.2, -0.15) is 0 Å². The van der Waals surface area contributed by atoms with E-state index in [1.54, 1.807) is 34.6 Å². The molecule has 1 aliphatic rings. The summed E-state index contributed by atoms with van der Waals surface area (Å²) in [5, 5.41) is 7.01. The van der Waals surface area contributed by atoms with E-state index in [0.717, 1.165) is 9.75 Å². The Morgan fingerprint density at radius 1 is 1.32 bits per heavy atom. The molecule has 2 aromatic heterocycles. The Labute approximate surface area is 137 Å². The second kappa shape index (κ2) is 6.62. The normalized spacial score (nSPS) is 21.9. The molecule has 0 aliphatic carbocycles. The summed E-state index contributed by atoms with van der Waals surface area (Å²) in [5.41, 5.74) is 0. The van der Waals surface area contributed by atoms with Gasteiger partial charge < -0.3 is 10.2 Å². The number of hydrogen-bond donors (Lipinski definition) is 1. The van der Waals surface area contributed by atoms with Crippen LogP contribution in [-0.2, 0) is 16.1 Å². The minimum Gasteiger partial charge on any atom is -0.351 e. The zero-order chi connectivity index (χ0) is 15.5. The summed E-state index contributed by atoms with van der Waals surface area (Å²) >= 11 is 3.23. The van der Waals surface area contributed by atoms with Crippen LogP contribution >= 0.6 is 22.7 Å². The number of carbonyl (C=O) groups excluding carboxylic acids is 2. The minimum absolute atomic E-state index is 0.0335. The van der Waals surface area contributed by atoms with Gasteiger partial charge in [-0.25, -0.2) is 0 Å². The first-order valence-electron chi connectivity index (χ1n) is 7.26. The van der Waals surface area contributed by atoms with Gasteiger partial charge in [0.1, 0.15) is 0 Å². The van der Waals surface area contributed by atoms with Crippen LogP contribution in [0.5, 0.6) is 0 Å². The summed E-state index contributed by atoms with van der Waals surface area (Å²) in [6, 6.07) is 7.81. The van der Waals surface area contributed by atoms with E-state index in [0.29, 0.717) is 19.4 Å². The van der Waals surface area contributed by atoms with Crippen molar-refractivity contribution in [3.05, 3.63) is 44.8 Å². The number of nitrogens with one attached hydrogen (secondary N) is 1. The van der Waals surface area contributed by atoms with Gasteiger partial charge in [0.2, 0.25) is 11.8 Å². The predicted octanol–water partition coefficient (Wildman–Crippen LogP) is 3.04. The maximum atomic E-state index is 12.6. The number of carbonyl (C=O) groups is 2. The lowest BCUT2D eigenvalue weighted by Gasteiger charge is -2.37. The van der Waals surface area contributed by atoms with E-state index in [4.69, 9.17) is 0 Å². The van der Waals surface area contributed by atoms with Crippen molar-refractivity contribution in [2.75, 3.05) is 7.05 Å². The lowest BCUT2D eigenvalue weighted by atomic mass is 9.87. The average molecular weight is 334 g/mol. The zero-order valence-corrected chi connectivity index (χ0v) is 14.0. The van der Waals surface area contributed by atoms with Crippen LogP contribution in [-0.4, -0.2) is 23.8 Å². The number of piperidine rings is 1. The predicted molar refractivity (Wildman–Crippen MR) is 88.7 cm³/mol. The summed E-state index contributed by atoms with van der Waals surface area (Å²) in [7, 11) is 1.80. The third kappa shape index (κ3) is 3.08. The summed E-state index contributed by atoms with van der Waals surface area (Å²) < 4.78 is 0. The monoisotopic (exact) mass is 334 g/mol. The van der Waals surface area contributed by atoms with Crippen molar-refractivity contribution < 1.29 is 9.59 Å². The summed E-state index contributed by atoms with van der Waals surface area (Å²) in [4.78, 5) is 28.6. The Balaban J connectivity index is 1.74. The lowest BCUT2D eigenvalue weighted by molar-refractivity contribution is -0.141. The molecule has 3 heterocycles. The zero-order valence-electron chi connectivity index (χ0n) is 12.3. The topological polar surface area (TPSA) is 49.4 Å². The molecule has 4 nitrogen and oxygen atoms in total. The van der Waals surface area contributed by atoms with Crippen LogP contribution in [0.3, 0.4) is 0 Å². The molecule has 0 aromatic carbocycles. The molecule has 6 heteroatoms. The molecule has 1 fully saturated rings. The second-order valence-electron chi connectivity index (χ2n) is 5.41. The molecular weight excluding hydrogens is 316 g/mol. The Morgan fingerprint density at radius 2 is 2.09 bits per heavy atom. The van der Waals surface area contributed by atoms with Crippen molar-refractivity contribution >= 4 is 34.5 Å². The molecule has 1 N–H and O–H groups in total. The van der Waals surface area contributed by atoms with Crippen molar-refractivity contribution in [1.29, 1.82) is 0 Å². The van der Waals surface area contributed by atoms with Crippen molar-refractivity contribution in [2.24, 2.45) is 5.92 Å². The third-order valence-electron chi connectivity index (χ3n) is 4.05. The Kier molecular flexibility index (Phi) is 4.59. The Bertz CT molecular complexity index is 637. The van der Waals surface area contributed by atoms with Crippen LogP contribution < -0.4 is 5.32 Å². The van der Waals surface area contributed by atoms with Crippen LogP contribution in [0, 0.1) is 5.92 Å². The largest absolute Gasteiger partial charge is 0.351 e. The molecule has 116 valence electrons. The van der Waals surface area contributed by atoms with Crippen LogP contribution in [0.25, 0.3) is 0 Å². The highest BCUT2D eigenvalue weighted by atomic mass is 32.1. The highest BCUT2D eigenvalue weighted by molar-refractivity contribution is 7.10. The minimum atomic E-state index is -0.179. The maximum absolute atomic E-state index is 12.6. The van der Waals surface area contributed by atoms with E-state index < -0.39 is 0 Å². The highest BCUT2D eigenvalue weighted by Crippen LogP contribution is 2.37. The van der Waals surface area contributed by atoms with Crippen LogP contribution in [0.1, 0.15) is 28.6 Å². The fraction of sp³-hybridized carbons (Fsp3) is 0.375. The van der Waals surface area contributed by atoms with Gasteiger partial charge >= 0.3 is 0 Å². The Morgan fingerprint density at radius 3 is 2.77 bits per heavy atom. The van der Waals surface area contributed by atoms with Crippen molar-refractivity contribution in [1.82, 2.24) is 10.2 Å². The fourth-order valence-electron chi connectivity index (χ4n) is 2.88. The maximum Gasteiger partial charge on any atom is 0.225 e. The molecule has 1 saturated heterocycles. The van der Waals surface area contributed by atoms with E-state index in [-0.39, 0.29) is 23.8 Å². The van der Waals surface area contributed by atoms with E-state index in [1.807, 2.05) is 35.0 Å². The third-order valence-corrected chi connectivity index (χ3v) is 5.87. The molecule has 1 aliphatic heterocycles. The fourth-order valence-corrected chi connectivity index (χ4v) is 4.46. The van der Waals surface area contributed by atoms with Crippen molar-refractivity contribution in [3.8, 4) is 0 Å². The smallest absolute Gasteiger partial charge is 0.225 e. The second-order valence-corrected chi connectivity index (χ2v) is 7.42. The number of rotatable bonds is 4. The van der Waals surface area contributed by atoms with Gasteiger partial charge in [0.25, 0.3) is 0 Å². The molecule has 0 spiro atoms. The molecule has 0 saturated carbocycles. The van der Waals surface area contributed by atoms with Gasteiger partial charge in [-0.3, -0.25) is 9.59 Å². The van der Waals surface area contributed by atoms with Gasteiger partial charge in [0, 0.05) is 23.2 Å². The number of amides is 2. The van der Waals surface area contributed by atoms with Crippen LogP contribution in [0.2, 0.25) is 0 Å². The first-order valence-corrected chi connectivity index (χ1v) is 9.02. The Hall–Kier alpha value is -1.66. The molecule has 0 bridgehead atoms. The summed E-state index contributed by atoms with van der Waals surface area (Å²) in [5.74, 6) is -0.0341. The SMILES string of the molecule is CN1C(=O)CC[C@H](C(=O)NCc2cccs2)[C@H]1c1cccs1. The van der Waals surface area contributed by atoms with Crippen molar-refractivity contribution in [2.45, 2.75) is 25.4 Å². The number of likely N-dealkylation sites (tertiary alicyclic amines) is 1.